The van der Waals surface area contributed by atoms with Crippen molar-refractivity contribution in [2.24, 2.45) is 10.9 Å². The van der Waals surface area contributed by atoms with Crippen molar-refractivity contribution in [1.82, 2.24) is 16.0 Å². The van der Waals surface area contributed by atoms with Crippen LogP contribution in [0.2, 0.25) is 0 Å². The van der Waals surface area contributed by atoms with E-state index in [1.54, 1.807) is 0 Å². The van der Waals surface area contributed by atoms with Crippen LogP contribution in [0.5, 0.6) is 0 Å². The summed E-state index contributed by atoms with van der Waals surface area (Å²) in [6, 6.07) is 6.55. The third kappa shape index (κ3) is 6.22. The predicted octanol–water partition coefficient (Wildman–Crippen LogP) is 1.93. The average Bonchev–Trinajstić information content (AvgIpc) is 3.38. The van der Waals surface area contributed by atoms with E-state index in [9.17, 15) is 4.79 Å². The molecule has 24 heavy (non-hydrogen) atoms. The second-order valence-corrected chi connectivity index (χ2v) is 6.43. The standard InChI is InChI=1S/C19H30N4O/c1-4-20-19(23-12-11-21-18(24)17-7-8-17)22-10-9-16-6-5-14(2)13-15(16)3/h5-6,13,17H,4,7-12H2,1-3H3,(H,21,24)(H2,20,22,23). The number of aliphatic imine (C=N–C) groups is 1. The van der Waals surface area contributed by atoms with Crippen molar-refractivity contribution in [1.29, 1.82) is 0 Å². The van der Waals surface area contributed by atoms with Crippen molar-refractivity contribution in [3.05, 3.63) is 34.9 Å². The van der Waals surface area contributed by atoms with Crippen molar-refractivity contribution in [2.45, 2.75) is 40.0 Å². The Morgan fingerprint density at radius 1 is 1.17 bits per heavy atom. The summed E-state index contributed by atoms with van der Waals surface area (Å²) < 4.78 is 0. The van der Waals surface area contributed by atoms with Gasteiger partial charge in [0.05, 0.1) is 0 Å². The highest BCUT2D eigenvalue weighted by molar-refractivity contribution is 5.81. The number of nitrogens with one attached hydrogen (secondary N) is 3. The van der Waals surface area contributed by atoms with Crippen LogP contribution >= 0.6 is 0 Å². The lowest BCUT2D eigenvalue weighted by atomic mass is 10.0. The zero-order valence-corrected chi connectivity index (χ0v) is 15.1. The molecule has 0 unspecified atom stereocenters. The Hall–Kier alpha value is -2.04. The van der Waals surface area contributed by atoms with E-state index in [-0.39, 0.29) is 11.8 Å². The molecule has 1 aliphatic carbocycles. The number of benzene rings is 1. The summed E-state index contributed by atoms with van der Waals surface area (Å²) in [5.74, 6) is 1.26. The molecule has 0 radical (unpaired) electrons. The van der Waals surface area contributed by atoms with Crippen LogP contribution in [-0.2, 0) is 11.2 Å². The molecule has 0 aromatic heterocycles. The molecule has 1 aliphatic rings. The van der Waals surface area contributed by atoms with Gasteiger partial charge < -0.3 is 16.0 Å². The van der Waals surface area contributed by atoms with Crippen molar-refractivity contribution >= 4 is 11.9 Å². The topological polar surface area (TPSA) is 65.5 Å². The first-order chi connectivity index (χ1) is 11.6. The van der Waals surface area contributed by atoms with Gasteiger partial charge in [-0.05, 0) is 51.2 Å². The number of hydrogen-bond donors (Lipinski definition) is 3. The van der Waals surface area contributed by atoms with E-state index in [0.717, 1.165) is 38.3 Å². The van der Waals surface area contributed by atoms with E-state index in [1.807, 2.05) is 0 Å². The van der Waals surface area contributed by atoms with Gasteiger partial charge in [-0.25, -0.2) is 0 Å². The summed E-state index contributed by atoms with van der Waals surface area (Å²) in [5.41, 5.74) is 3.96. The van der Waals surface area contributed by atoms with E-state index in [2.05, 4.69) is 59.9 Å². The van der Waals surface area contributed by atoms with Crippen molar-refractivity contribution in [2.75, 3.05) is 26.2 Å². The van der Waals surface area contributed by atoms with Gasteiger partial charge in [0, 0.05) is 32.1 Å². The van der Waals surface area contributed by atoms with Crippen LogP contribution in [-0.4, -0.2) is 38.0 Å². The molecule has 0 saturated heterocycles. The number of guanidine groups is 1. The van der Waals surface area contributed by atoms with E-state index in [4.69, 9.17) is 0 Å². The summed E-state index contributed by atoms with van der Waals surface area (Å²) in [6.07, 6.45) is 3.02. The maximum Gasteiger partial charge on any atom is 0.223 e. The summed E-state index contributed by atoms with van der Waals surface area (Å²) in [5, 5.41) is 9.46. The maximum atomic E-state index is 11.6. The molecule has 0 heterocycles. The van der Waals surface area contributed by atoms with Crippen LogP contribution in [0.3, 0.4) is 0 Å². The van der Waals surface area contributed by atoms with Gasteiger partial charge in [0.1, 0.15) is 0 Å². The lowest BCUT2D eigenvalue weighted by molar-refractivity contribution is -0.122. The molecule has 1 fully saturated rings. The molecular formula is C19H30N4O. The lowest BCUT2D eigenvalue weighted by Gasteiger charge is -2.12. The number of carbonyl (C=O) groups excluding carboxylic acids is 1. The number of hydrogen-bond acceptors (Lipinski definition) is 2. The Morgan fingerprint density at radius 3 is 2.58 bits per heavy atom. The van der Waals surface area contributed by atoms with Crippen LogP contribution in [0.4, 0.5) is 0 Å². The van der Waals surface area contributed by atoms with Gasteiger partial charge in [0.25, 0.3) is 0 Å². The van der Waals surface area contributed by atoms with Gasteiger partial charge in [0.2, 0.25) is 5.91 Å². The fourth-order valence-electron chi connectivity index (χ4n) is 2.61. The molecule has 0 spiro atoms. The monoisotopic (exact) mass is 330 g/mol. The SMILES string of the molecule is CCNC(=NCCc1ccc(C)cc1C)NCCNC(=O)C1CC1. The van der Waals surface area contributed by atoms with Crippen LogP contribution < -0.4 is 16.0 Å². The first kappa shape index (κ1) is 18.3. The van der Waals surface area contributed by atoms with E-state index < -0.39 is 0 Å². The molecule has 1 amide bonds. The first-order valence-corrected chi connectivity index (χ1v) is 8.96. The zero-order chi connectivity index (χ0) is 17.4. The largest absolute Gasteiger partial charge is 0.357 e. The van der Waals surface area contributed by atoms with Crippen molar-refractivity contribution in [3.63, 3.8) is 0 Å². The van der Waals surface area contributed by atoms with Crippen LogP contribution in [0, 0.1) is 19.8 Å². The van der Waals surface area contributed by atoms with Gasteiger partial charge in [-0.1, -0.05) is 23.8 Å². The number of amides is 1. The highest BCUT2D eigenvalue weighted by Crippen LogP contribution is 2.28. The number of aryl methyl sites for hydroxylation is 2. The number of nitrogens with zero attached hydrogens (tertiary/aromatic N) is 1. The van der Waals surface area contributed by atoms with E-state index in [1.165, 1.54) is 16.7 Å². The van der Waals surface area contributed by atoms with Crippen LogP contribution in [0.15, 0.2) is 23.2 Å². The first-order valence-electron chi connectivity index (χ1n) is 8.96. The number of carbonyl (C=O) groups is 1. The lowest BCUT2D eigenvalue weighted by Crippen LogP contribution is -2.41. The molecule has 5 nitrogen and oxygen atoms in total. The Kier molecular flexibility index (Phi) is 7.09. The molecule has 3 N–H and O–H groups in total. The fourth-order valence-corrected chi connectivity index (χ4v) is 2.61. The van der Waals surface area contributed by atoms with Crippen LogP contribution in [0.25, 0.3) is 0 Å². The Morgan fingerprint density at radius 2 is 1.92 bits per heavy atom. The molecule has 2 rings (SSSR count). The van der Waals surface area contributed by atoms with E-state index >= 15 is 0 Å². The quantitative estimate of drug-likeness (QED) is 0.388. The van der Waals surface area contributed by atoms with Crippen molar-refractivity contribution in [3.8, 4) is 0 Å². The predicted molar refractivity (Wildman–Crippen MR) is 99.3 cm³/mol. The van der Waals surface area contributed by atoms with Gasteiger partial charge >= 0.3 is 0 Å². The van der Waals surface area contributed by atoms with Gasteiger partial charge in [-0.2, -0.15) is 0 Å². The minimum absolute atomic E-state index is 0.189. The zero-order valence-electron chi connectivity index (χ0n) is 15.1. The minimum atomic E-state index is 0.189. The third-order valence-electron chi connectivity index (χ3n) is 4.16. The Bertz CT molecular complexity index is 579. The van der Waals surface area contributed by atoms with Gasteiger partial charge in [0.15, 0.2) is 5.96 Å². The third-order valence-corrected chi connectivity index (χ3v) is 4.16. The maximum absolute atomic E-state index is 11.6. The second-order valence-electron chi connectivity index (χ2n) is 6.43. The highest BCUT2D eigenvalue weighted by Gasteiger charge is 2.28. The second kappa shape index (κ2) is 9.30. The highest BCUT2D eigenvalue weighted by atomic mass is 16.2. The minimum Gasteiger partial charge on any atom is -0.357 e. The Balaban J connectivity index is 1.73. The normalized spacial score (nSPS) is 14.4. The molecule has 1 saturated carbocycles. The summed E-state index contributed by atoms with van der Waals surface area (Å²) in [4.78, 5) is 16.2. The van der Waals surface area contributed by atoms with Gasteiger partial charge in [-0.3, -0.25) is 9.79 Å². The number of rotatable bonds is 8. The molecule has 5 heteroatoms. The molecule has 0 atom stereocenters. The van der Waals surface area contributed by atoms with E-state index in [0.29, 0.717) is 13.1 Å². The molecule has 0 aliphatic heterocycles. The fraction of sp³-hybridized carbons (Fsp3) is 0.579. The van der Waals surface area contributed by atoms with Crippen molar-refractivity contribution < 1.29 is 4.79 Å². The molecule has 1 aromatic rings. The average molecular weight is 330 g/mol. The summed E-state index contributed by atoms with van der Waals surface area (Å²) in [7, 11) is 0. The smallest absolute Gasteiger partial charge is 0.223 e. The summed E-state index contributed by atoms with van der Waals surface area (Å²) in [6.45, 7) is 9.21. The van der Waals surface area contributed by atoms with Crippen LogP contribution in [0.1, 0.15) is 36.5 Å². The summed E-state index contributed by atoms with van der Waals surface area (Å²) >= 11 is 0. The Labute approximate surface area is 145 Å². The molecule has 1 aromatic carbocycles. The molecule has 0 bridgehead atoms. The van der Waals surface area contributed by atoms with Gasteiger partial charge in [-0.15, -0.1) is 0 Å². The molecular weight excluding hydrogens is 300 g/mol. The molecule has 132 valence electrons.